The van der Waals surface area contributed by atoms with Crippen LogP contribution in [0.4, 0.5) is 10.1 Å². The number of sulfonamides is 1. The van der Waals surface area contributed by atoms with Gasteiger partial charge >= 0.3 is 0 Å². The molecule has 7 nitrogen and oxygen atoms in total. The summed E-state index contributed by atoms with van der Waals surface area (Å²) in [5, 5.41) is 9.91. The lowest BCUT2D eigenvalue weighted by molar-refractivity contribution is -0.118. The smallest absolute Gasteiger partial charge is 0.254 e. The van der Waals surface area contributed by atoms with E-state index in [0.29, 0.717) is 41.0 Å². The van der Waals surface area contributed by atoms with Crippen LogP contribution in [0.2, 0.25) is 0 Å². The number of amides is 1. The van der Waals surface area contributed by atoms with Crippen LogP contribution in [0.1, 0.15) is 24.0 Å². The second-order valence-electron chi connectivity index (χ2n) is 8.28. The maximum Gasteiger partial charge on any atom is 0.254 e. The Labute approximate surface area is 190 Å². The fourth-order valence-corrected chi connectivity index (χ4v) is 4.60. The van der Waals surface area contributed by atoms with Crippen molar-refractivity contribution >= 4 is 21.6 Å². The summed E-state index contributed by atoms with van der Waals surface area (Å²) in [6.45, 7) is 1.87. The highest BCUT2D eigenvalue weighted by Crippen LogP contribution is 2.51. The van der Waals surface area contributed by atoms with E-state index in [2.05, 4.69) is 5.32 Å². The van der Waals surface area contributed by atoms with Gasteiger partial charge in [-0.1, -0.05) is 18.2 Å². The Hall–Kier alpha value is -3.43. The summed E-state index contributed by atoms with van der Waals surface area (Å²) in [5.74, 6) is 0.365. The Balaban J connectivity index is 1.44. The highest BCUT2D eigenvalue weighted by atomic mass is 32.2. The molecule has 1 heterocycles. The van der Waals surface area contributed by atoms with E-state index in [1.165, 1.54) is 18.2 Å². The van der Waals surface area contributed by atoms with Crippen molar-refractivity contribution in [1.29, 1.82) is 0 Å². The van der Waals surface area contributed by atoms with Crippen molar-refractivity contribution < 1.29 is 27.1 Å². The van der Waals surface area contributed by atoms with E-state index in [1.807, 2.05) is 6.07 Å². The summed E-state index contributed by atoms with van der Waals surface area (Å²) in [7, 11) is -4.07. The average Bonchev–Trinajstić information content (AvgIpc) is 3.46. The molecule has 1 radical (unpaired) electrons. The molecule has 169 valence electrons. The number of anilines is 1. The van der Waals surface area contributed by atoms with Gasteiger partial charge in [0.05, 0.1) is 16.0 Å². The SMILES string of the molecule is Cc1cc(F)c(NC(=O)C2(c3ccc4c(c3)OCO4)CC2)cc1-c1ccc(S([NH])(=O)=O)cc1. The lowest BCUT2D eigenvalue weighted by Gasteiger charge is -2.18. The Kier molecular flexibility index (Phi) is 4.91. The third kappa shape index (κ3) is 3.83. The number of ether oxygens (including phenoxy) is 2. The third-order valence-electron chi connectivity index (χ3n) is 6.15. The van der Waals surface area contributed by atoms with Gasteiger partial charge < -0.3 is 14.8 Å². The first kappa shape index (κ1) is 21.4. The average molecular weight is 467 g/mol. The number of nitrogens with one attached hydrogen (secondary N) is 2. The van der Waals surface area contributed by atoms with E-state index in [4.69, 9.17) is 14.6 Å². The van der Waals surface area contributed by atoms with Gasteiger partial charge in [0.2, 0.25) is 12.7 Å². The summed E-state index contributed by atoms with van der Waals surface area (Å²) in [6.07, 6.45) is 1.28. The Morgan fingerprint density at radius 2 is 1.73 bits per heavy atom. The van der Waals surface area contributed by atoms with Gasteiger partial charge in [0.15, 0.2) is 11.5 Å². The number of hydrogen-bond donors (Lipinski definition) is 1. The second-order valence-corrected chi connectivity index (χ2v) is 9.76. The van der Waals surface area contributed by atoms with Gasteiger partial charge in [-0.3, -0.25) is 4.79 Å². The number of rotatable bonds is 5. The number of hydrogen-bond acceptors (Lipinski definition) is 5. The van der Waals surface area contributed by atoms with Crippen molar-refractivity contribution in [1.82, 2.24) is 5.14 Å². The zero-order valence-electron chi connectivity index (χ0n) is 17.6. The van der Waals surface area contributed by atoms with Crippen LogP contribution in [-0.4, -0.2) is 21.1 Å². The number of benzene rings is 3. The van der Waals surface area contributed by atoms with Gasteiger partial charge in [-0.25, -0.2) is 12.8 Å². The summed E-state index contributed by atoms with van der Waals surface area (Å²) >= 11 is 0. The maximum atomic E-state index is 14.8. The molecular formula is C24H20FN2O5S. The molecule has 1 aliphatic carbocycles. The molecule has 0 bridgehead atoms. The molecular weight excluding hydrogens is 447 g/mol. The van der Waals surface area contributed by atoms with Crippen molar-refractivity contribution in [3.63, 3.8) is 0 Å². The first-order chi connectivity index (χ1) is 15.7. The van der Waals surface area contributed by atoms with Crippen LogP contribution in [0.15, 0.2) is 59.5 Å². The quantitative estimate of drug-likeness (QED) is 0.606. The molecule has 0 atom stereocenters. The lowest BCUT2D eigenvalue weighted by atomic mass is 9.94. The minimum absolute atomic E-state index is 0.0461. The number of aryl methyl sites for hydroxylation is 1. The van der Waals surface area contributed by atoms with Crippen LogP contribution in [0.5, 0.6) is 11.5 Å². The van der Waals surface area contributed by atoms with E-state index in [9.17, 15) is 17.6 Å². The van der Waals surface area contributed by atoms with E-state index >= 15 is 0 Å². The van der Waals surface area contributed by atoms with Crippen LogP contribution in [0.3, 0.4) is 0 Å². The van der Waals surface area contributed by atoms with Crippen LogP contribution < -0.4 is 19.9 Å². The molecule has 0 aromatic heterocycles. The highest BCUT2D eigenvalue weighted by Gasteiger charge is 2.51. The fourth-order valence-electron chi connectivity index (χ4n) is 4.10. The molecule has 0 spiro atoms. The topological polar surface area (TPSA) is 106 Å². The fraction of sp³-hybridized carbons (Fsp3) is 0.208. The van der Waals surface area contributed by atoms with Crippen LogP contribution in [0.25, 0.3) is 11.1 Å². The molecule has 2 N–H and O–H groups in total. The zero-order valence-corrected chi connectivity index (χ0v) is 18.5. The number of carbonyl (C=O) groups excluding carboxylic acids is 1. The Morgan fingerprint density at radius 1 is 1.03 bits per heavy atom. The molecule has 3 aromatic rings. The molecule has 1 saturated carbocycles. The molecule has 2 aliphatic rings. The minimum atomic E-state index is -4.07. The lowest BCUT2D eigenvalue weighted by Crippen LogP contribution is -2.28. The molecule has 33 heavy (non-hydrogen) atoms. The van der Waals surface area contributed by atoms with E-state index < -0.39 is 21.3 Å². The molecule has 1 fully saturated rings. The largest absolute Gasteiger partial charge is 0.454 e. The van der Waals surface area contributed by atoms with Crippen LogP contribution in [-0.2, 0) is 20.2 Å². The second kappa shape index (κ2) is 7.57. The van der Waals surface area contributed by atoms with E-state index in [1.54, 1.807) is 37.3 Å². The molecule has 0 unspecified atom stereocenters. The molecule has 1 aliphatic heterocycles. The van der Waals surface area contributed by atoms with Crippen molar-refractivity contribution in [3.05, 3.63) is 71.5 Å². The first-order valence-corrected chi connectivity index (χ1v) is 11.8. The number of carbonyl (C=O) groups is 1. The van der Waals surface area contributed by atoms with Crippen molar-refractivity contribution in [2.24, 2.45) is 0 Å². The highest BCUT2D eigenvalue weighted by molar-refractivity contribution is 7.88. The van der Waals surface area contributed by atoms with Gasteiger partial charge in [0.1, 0.15) is 5.82 Å². The van der Waals surface area contributed by atoms with Gasteiger partial charge in [-0.05, 0) is 78.4 Å². The summed E-state index contributed by atoms with van der Waals surface area (Å²) < 4.78 is 48.3. The first-order valence-electron chi connectivity index (χ1n) is 10.3. The summed E-state index contributed by atoms with van der Waals surface area (Å²) in [6, 6.07) is 14.1. The van der Waals surface area contributed by atoms with Gasteiger partial charge in [-0.2, -0.15) is 0 Å². The predicted octanol–water partition coefficient (Wildman–Crippen LogP) is 4.17. The molecule has 0 saturated heterocycles. The van der Waals surface area contributed by atoms with Crippen LogP contribution >= 0.6 is 0 Å². The normalized spacial score (nSPS) is 15.8. The molecule has 3 aromatic carbocycles. The summed E-state index contributed by atoms with van der Waals surface area (Å²) in [4.78, 5) is 13.1. The van der Waals surface area contributed by atoms with Crippen molar-refractivity contribution in [2.45, 2.75) is 30.1 Å². The third-order valence-corrected chi connectivity index (χ3v) is 7.04. The van der Waals surface area contributed by atoms with Crippen molar-refractivity contribution in [2.75, 3.05) is 12.1 Å². The minimum Gasteiger partial charge on any atom is -0.454 e. The van der Waals surface area contributed by atoms with Gasteiger partial charge in [0.25, 0.3) is 10.0 Å². The van der Waals surface area contributed by atoms with Gasteiger partial charge in [0, 0.05) is 0 Å². The zero-order chi connectivity index (χ0) is 23.4. The molecule has 1 amide bonds. The monoisotopic (exact) mass is 467 g/mol. The maximum absolute atomic E-state index is 14.8. The standard InChI is InChI=1S/C24H20FN2O5S/c1-14-10-19(25)20(12-18(14)15-2-5-17(6-3-15)33(26,29)30)27-23(28)24(8-9-24)16-4-7-21-22(11-16)32-13-31-21/h2-7,10-12,26H,8-9,13H2,1H3,(H,27,28). The van der Waals surface area contributed by atoms with Crippen LogP contribution in [0, 0.1) is 12.7 Å². The van der Waals surface area contributed by atoms with E-state index in [0.717, 1.165) is 5.56 Å². The van der Waals surface area contributed by atoms with E-state index in [-0.39, 0.29) is 23.3 Å². The molecule has 5 rings (SSSR count). The number of fused-ring (bicyclic) bond motifs is 1. The van der Waals surface area contributed by atoms with Crippen molar-refractivity contribution in [3.8, 4) is 22.6 Å². The predicted molar refractivity (Wildman–Crippen MR) is 119 cm³/mol. The molecule has 9 heteroatoms. The number of halogens is 1. The Bertz CT molecular complexity index is 1380. The Morgan fingerprint density at radius 3 is 2.39 bits per heavy atom. The summed E-state index contributed by atoms with van der Waals surface area (Å²) in [5.41, 5.74) is 2.02. The van der Waals surface area contributed by atoms with Gasteiger partial charge in [-0.15, -0.1) is 5.14 Å².